The zero-order valence-corrected chi connectivity index (χ0v) is 6.51. The Kier molecular flexibility index (Phi) is 3.14. The monoisotopic (exact) mass is 163 g/mol. The Hall–Kier alpha value is -1.51. The second kappa shape index (κ2) is 4.38. The molecule has 0 aromatic heterocycles. The number of carbonyl (C=O) groups is 1. The number of nitroso groups, excluding NO2 is 1. The molecule has 3 heteroatoms. The molecular formula is C9H9NO2. The van der Waals surface area contributed by atoms with Crippen LogP contribution in [0.3, 0.4) is 0 Å². The van der Waals surface area contributed by atoms with Gasteiger partial charge in [-0.15, -0.1) is 0 Å². The Morgan fingerprint density at radius 1 is 1.33 bits per heavy atom. The molecule has 0 saturated carbocycles. The Balaban J connectivity index is 2.79. The number of nitrogens with zero attached hydrogens (tertiary/aromatic N) is 1. The van der Waals surface area contributed by atoms with Crippen molar-refractivity contribution in [2.45, 2.75) is 12.5 Å². The standard InChI is InChI=1S/C9H9NO2/c11-7-6-9(10-12)8-4-2-1-3-5-8/h1-5,7,9H,6H2/t9-/m0/s1. The maximum Gasteiger partial charge on any atom is 0.123 e. The largest absolute Gasteiger partial charge is 0.303 e. The van der Waals surface area contributed by atoms with E-state index in [0.29, 0.717) is 6.29 Å². The molecule has 0 aliphatic heterocycles. The second-order valence-electron chi connectivity index (χ2n) is 2.43. The first kappa shape index (κ1) is 8.59. The first-order chi connectivity index (χ1) is 5.88. The quantitative estimate of drug-likeness (QED) is 0.504. The van der Waals surface area contributed by atoms with Crippen LogP contribution < -0.4 is 0 Å². The van der Waals surface area contributed by atoms with E-state index in [0.717, 1.165) is 5.56 Å². The van der Waals surface area contributed by atoms with Crippen molar-refractivity contribution in [1.82, 2.24) is 0 Å². The zero-order chi connectivity index (χ0) is 8.81. The van der Waals surface area contributed by atoms with Crippen molar-refractivity contribution >= 4 is 6.29 Å². The highest BCUT2D eigenvalue weighted by Gasteiger charge is 2.09. The molecule has 0 heterocycles. The summed E-state index contributed by atoms with van der Waals surface area (Å²) in [5, 5.41) is 2.87. The fourth-order valence-corrected chi connectivity index (χ4v) is 1.01. The Morgan fingerprint density at radius 2 is 2.00 bits per heavy atom. The molecule has 0 radical (unpaired) electrons. The average Bonchev–Trinajstić information content (AvgIpc) is 2.15. The lowest BCUT2D eigenvalue weighted by Gasteiger charge is -2.03. The van der Waals surface area contributed by atoms with E-state index in [1.54, 1.807) is 12.1 Å². The summed E-state index contributed by atoms with van der Waals surface area (Å²) < 4.78 is 0. The molecule has 0 aliphatic rings. The van der Waals surface area contributed by atoms with Crippen LogP contribution in [0.4, 0.5) is 0 Å². The van der Waals surface area contributed by atoms with Gasteiger partial charge in [0.05, 0.1) is 0 Å². The molecule has 0 saturated heterocycles. The van der Waals surface area contributed by atoms with Gasteiger partial charge >= 0.3 is 0 Å². The molecular weight excluding hydrogens is 154 g/mol. The number of carbonyl (C=O) groups excluding carboxylic acids is 1. The average molecular weight is 163 g/mol. The normalized spacial score (nSPS) is 12.0. The smallest absolute Gasteiger partial charge is 0.123 e. The second-order valence-corrected chi connectivity index (χ2v) is 2.43. The van der Waals surface area contributed by atoms with Crippen LogP contribution in [-0.4, -0.2) is 6.29 Å². The maximum atomic E-state index is 10.3. The molecule has 0 spiro atoms. The summed E-state index contributed by atoms with van der Waals surface area (Å²) in [5.74, 6) is 0. The van der Waals surface area contributed by atoms with Crippen molar-refractivity contribution < 1.29 is 4.79 Å². The Labute approximate surface area is 70.4 Å². The lowest BCUT2D eigenvalue weighted by molar-refractivity contribution is -0.108. The van der Waals surface area contributed by atoms with Crippen LogP contribution in [0.1, 0.15) is 18.0 Å². The molecule has 0 bridgehead atoms. The molecule has 0 aliphatic carbocycles. The van der Waals surface area contributed by atoms with Gasteiger partial charge in [0.25, 0.3) is 0 Å². The summed E-state index contributed by atoms with van der Waals surface area (Å²) in [6, 6.07) is 8.54. The number of rotatable bonds is 4. The molecule has 1 aromatic rings. The van der Waals surface area contributed by atoms with Crippen molar-refractivity contribution in [3.05, 3.63) is 40.8 Å². The molecule has 62 valence electrons. The molecule has 1 rings (SSSR count). The van der Waals surface area contributed by atoms with Crippen LogP contribution in [0, 0.1) is 4.91 Å². The van der Waals surface area contributed by atoms with Crippen LogP contribution >= 0.6 is 0 Å². The van der Waals surface area contributed by atoms with Crippen LogP contribution in [0.2, 0.25) is 0 Å². The highest BCUT2D eigenvalue weighted by Crippen LogP contribution is 2.18. The van der Waals surface area contributed by atoms with Gasteiger partial charge in [0.1, 0.15) is 12.3 Å². The van der Waals surface area contributed by atoms with Crippen molar-refractivity contribution in [3.8, 4) is 0 Å². The summed E-state index contributed by atoms with van der Waals surface area (Å²) in [7, 11) is 0. The summed E-state index contributed by atoms with van der Waals surface area (Å²) in [6.45, 7) is 0. The van der Waals surface area contributed by atoms with E-state index < -0.39 is 6.04 Å². The van der Waals surface area contributed by atoms with Crippen LogP contribution in [0.25, 0.3) is 0 Å². The number of aldehydes is 1. The summed E-state index contributed by atoms with van der Waals surface area (Å²) >= 11 is 0. The van der Waals surface area contributed by atoms with Gasteiger partial charge in [-0.3, -0.25) is 0 Å². The molecule has 12 heavy (non-hydrogen) atoms. The predicted octanol–water partition coefficient (Wildman–Crippen LogP) is 2.08. The van der Waals surface area contributed by atoms with Crippen molar-refractivity contribution in [2.24, 2.45) is 5.18 Å². The molecule has 0 unspecified atom stereocenters. The number of benzene rings is 1. The third kappa shape index (κ3) is 1.99. The summed E-state index contributed by atoms with van der Waals surface area (Å²) in [6.07, 6.45) is 0.868. The minimum atomic E-state index is -0.524. The van der Waals surface area contributed by atoms with E-state index in [2.05, 4.69) is 5.18 Å². The summed E-state index contributed by atoms with van der Waals surface area (Å²) in [5.41, 5.74) is 0.791. The highest BCUT2D eigenvalue weighted by atomic mass is 16.3. The van der Waals surface area contributed by atoms with Crippen LogP contribution in [0.5, 0.6) is 0 Å². The SMILES string of the molecule is O=CC[C@H](N=O)c1ccccc1. The topological polar surface area (TPSA) is 46.5 Å². The van der Waals surface area contributed by atoms with Gasteiger partial charge in [0, 0.05) is 6.42 Å². The molecule has 0 N–H and O–H groups in total. The predicted molar refractivity (Wildman–Crippen MR) is 45.7 cm³/mol. The fourth-order valence-electron chi connectivity index (χ4n) is 1.01. The third-order valence-corrected chi connectivity index (χ3v) is 1.63. The van der Waals surface area contributed by atoms with Crippen LogP contribution in [-0.2, 0) is 4.79 Å². The number of hydrogen-bond donors (Lipinski definition) is 0. The van der Waals surface area contributed by atoms with Gasteiger partial charge in [0.2, 0.25) is 0 Å². The van der Waals surface area contributed by atoms with Gasteiger partial charge in [-0.2, -0.15) is 4.91 Å². The lowest BCUT2D eigenvalue weighted by Crippen LogP contribution is -1.94. The van der Waals surface area contributed by atoms with Gasteiger partial charge < -0.3 is 4.79 Å². The third-order valence-electron chi connectivity index (χ3n) is 1.63. The van der Waals surface area contributed by atoms with Gasteiger partial charge in [-0.05, 0) is 5.56 Å². The molecule has 3 nitrogen and oxygen atoms in total. The van der Waals surface area contributed by atoms with E-state index in [4.69, 9.17) is 0 Å². The van der Waals surface area contributed by atoms with Gasteiger partial charge in [-0.25, -0.2) is 0 Å². The zero-order valence-electron chi connectivity index (χ0n) is 6.51. The van der Waals surface area contributed by atoms with Crippen molar-refractivity contribution in [2.75, 3.05) is 0 Å². The Morgan fingerprint density at radius 3 is 2.50 bits per heavy atom. The molecule has 0 amide bonds. The first-order valence-electron chi connectivity index (χ1n) is 3.69. The maximum absolute atomic E-state index is 10.3. The van der Waals surface area contributed by atoms with E-state index in [1.165, 1.54) is 0 Å². The van der Waals surface area contributed by atoms with Gasteiger partial charge in [0.15, 0.2) is 0 Å². The van der Waals surface area contributed by atoms with E-state index in [1.807, 2.05) is 18.2 Å². The summed E-state index contributed by atoms with van der Waals surface area (Å²) in [4.78, 5) is 20.4. The molecule has 0 fully saturated rings. The lowest BCUT2D eigenvalue weighted by atomic mass is 10.1. The van der Waals surface area contributed by atoms with Crippen molar-refractivity contribution in [3.63, 3.8) is 0 Å². The first-order valence-corrected chi connectivity index (χ1v) is 3.69. The van der Waals surface area contributed by atoms with Gasteiger partial charge in [-0.1, -0.05) is 35.5 Å². The number of hydrogen-bond acceptors (Lipinski definition) is 3. The van der Waals surface area contributed by atoms with E-state index in [9.17, 15) is 9.70 Å². The van der Waals surface area contributed by atoms with E-state index in [-0.39, 0.29) is 6.42 Å². The minimum Gasteiger partial charge on any atom is -0.303 e. The minimum absolute atomic E-state index is 0.160. The van der Waals surface area contributed by atoms with Crippen LogP contribution in [0.15, 0.2) is 35.5 Å². The molecule has 1 atom stereocenters. The fraction of sp³-hybridized carbons (Fsp3) is 0.222. The molecule has 1 aromatic carbocycles. The van der Waals surface area contributed by atoms with E-state index >= 15 is 0 Å². The Bertz CT molecular complexity index is 258. The van der Waals surface area contributed by atoms with Crippen molar-refractivity contribution in [1.29, 1.82) is 0 Å². The highest BCUT2D eigenvalue weighted by molar-refractivity contribution is 5.51.